The molecule has 4 heteroatoms. The summed E-state index contributed by atoms with van der Waals surface area (Å²) in [5, 5.41) is 3.31. The number of hydrogen-bond donors (Lipinski definition) is 2. The molecule has 0 saturated heterocycles. The summed E-state index contributed by atoms with van der Waals surface area (Å²) in [6, 6.07) is 15.4. The van der Waals surface area contributed by atoms with E-state index in [1.54, 1.807) is 7.11 Å². The number of nitrogens with two attached hydrogens (primary N) is 1. The van der Waals surface area contributed by atoms with E-state index in [4.69, 9.17) is 15.2 Å². The van der Waals surface area contributed by atoms with Crippen LogP contribution in [0.25, 0.3) is 0 Å². The lowest BCUT2D eigenvalue weighted by Gasteiger charge is -2.09. The van der Waals surface area contributed by atoms with Crippen molar-refractivity contribution in [2.24, 2.45) is 0 Å². The minimum absolute atomic E-state index is 0.610. The van der Waals surface area contributed by atoms with E-state index in [1.807, 2.05) is 48.5 Å². The Kier molecular flexibility index (Phi) is 5.26. The first kappa shape index (κ1) is 14.2. The largest absolute Gasteiger partial charge is 0.497 e. The third-order valence-corrected chi connectivity index (χ3v) is 2.98. The lowest BCUT2D eigenvalue weighted by atomic mass is 10.2. The van der Waals surface area contributed by atoms with Crippen LogP contribution in [0, 0.1) is 0 Å². The van der Waals surface area contributed by atoms with Crippen LogP contribution in [0.1, 0.15) is 5.56 Å². The fourth-order valence-electron chi connectivity index (χ4n) is 1.83. The van der Waals surface area contributed by atoms with Crippen LogP contribution in [-0.2, 0) is 6.54 Å². The third kappa shape index (κ3) is 4.17. The Labute approximate surface area is 119 Å². The summed E-state index contributed by atoms with van der Waals surface area (Å²) >= 11 is 0. The lowest BCUT2D eigenvalue weighted by Crippen LogP contribution is -2.21. The second kappa shape index (κ2) is 7.40. The van der Waals surface area contributed by atoms with E-state index in [-0.39, 0.29) is 0 Å². The Hall–Kier alpha value is -2.20. The summed E-state index contributed by atoms with van der Waals surface area (Å²) in [7, 11) is 1.65. The number of methoxy groups -OCH3 is 1. The van der Waals surface area contributed by atoms with Gasteiger partial charge in [-0.2, -0.15) is 0 Å². The molecule has 0 aliphatic heterocycles. The maximum Gasteiger partial charge on any atom is 0.119 e. The molecule has 0 aliphatic carbocycles. The van der Waals surface area contributed by atoms with Crippen LogP contribution < -0.4 is 20.5 Å². The zero-order chi connectivity index (χ0) is 14.2. The predicted octanol–water partition coefficient (Wildman–Crippen LogP) is 2.45. The average molecular weight is 272 g/mol. The second-order valence-corrected chi connectivity index (χ2v) is 4.40. The van der Waals surface area contributed by atoms with Crippen LogP contribution in [0.15, 0.2) is 48.5 Å². The van der Waals surface area contributed by atoms with Crippen LogP contribution in [0.4, 0.5) is 5.69 Å². The average Bonchev–Trinajstić information content (AvgIpc) is 2.49. The van der Waals surface area contributed by atoms with Crippen molar-refractivity contribution in [1.82, 2.24) is 5.32 Å². The minimum Gasteiger partial charge on any atom is -0.497 e. The normalized spacial score (nSPS) is 10.2. The standard InChI is InChI=1S/C16H20N2O2/c1-19-14-6-8-15(9-7-14)20-11-10-18-12-13-4-2-3-5-16(13)17/h2-9,18H,10-12,17H2,1H3. The van der Waals surface area contributed by atoms with Crippen molar-refractivity contribution in [3.8, 4) is 11.5 Å². The van der Waals surface area contributed by atoms with Gasteiger partial charge < -0.3 is 20.5 Å². The van der Waals surface area contributed by atoms with Crippen molar-refractivity contribution < 1.29 is 9.47 Å². The van der Waals surface area contributed by atoms with Gasteiger partial charge in [0.25, 0.3) is 0 Å². The molecule has 0 atom stereocenters. The highest BCUT2D eigenvalue weighted by atomic mass is 16.5. The maximum atomic E-state index is 5.87. The third-order valence-electron chi connectivity index (χ3n) is 2.98. The first-order valence-electron chi connectivity index (χ1n) is 6.60. The first-order chi connectivity index (χ1) is 9.79. The molecule has 4 nitrogen and oxygen atoms in total. The van der Waals surface area contributed by atoms with Crippen molar-refractivity contribution in [2.45, 2.75) is 6.54 Å². The molecule has 0 saturated carbocycles. The second-order valence-electron chi connectivity index (χ2n) is 4.40. The van der Waals surface area contributed by atoms with Gasteiger partial charge in [-0.15, -0.1) is 0 Å². The summed E-state index contributed by atoms with van der Waals surface area (Å²) in [6.45, 7) is 2.12. The van der Waals surface area contributed by atoms with E-state index in [0.29, 0.717) is 6.61 Å². The SMILES string of the molecule is COc1ccc(OCCNCc2ccccc2N)cc1. The van der Waals surface area contributed by atoms with Crippen LogP contribution in [0.2, 0.25) is 0 Å². The predicted molar refractivity (Wildman–Crippen MR) is 81.1 cm³/mol. The molecule has 2 aromatic rings. The smallest absolute Gasteiger partial charge is 0.119 e. The Morgan fingerprint density at radius 1 is 1.00 bits per heavy atom. The number of nitrogen functional groups attached to an aromatic ring is 1. The van der Waals surface area contributed by atoms with Gasteiger partial charge in [0.05, 0.1) is 7.11 Å². The maximum absolute atomic E-state index is 5.87. The van der Waals surface area contributed by atoms with Crippen molar-refractivity contribution >= 4 is 5.69 Å². The molecule has 0 fully saturated rings. The number of ether oxygens (including phenoxy) is 2. The Morgan fingerprint density at radius 3 is 2.40 bits per heavy atom. The van der Waals surface area contributed by atoms with Gasteiger partial charge in [0.2, 0.25) is 0 Å². The molecule has 0 aromatic heterocycles. The molecule has 2 aromatic carbocycles. The summed E-state index contributed by atoms with van der Waals surface area (Å²) in [4.78, 5) is 0. The summed E-state index contributed by atoms with van der Waals surface area (Å²) in [5.41, 5.74) is 7.79. The highest BCUT2D eigenvalue weighted by molar-refractivity contribution is 5.46. The summed E-state index contributed by atoms with van der Waals surface area (Å²) in [6.07, 6.45) is 0. The number of para-hydroxylation sites is 1. The lowest BCUT2D eigenvalue weighted by molar-refractivity contribution is 0.313. The van der Waals surface area contributed by atoms with E-state index < -0.39 is 0 Å². The molecule has 3 N–H and O–H groups in total. The monoisotopic (exact) mass is 272 g/mol. The van der Waals surface area contributed by atoms with Gasteiger partial charge >= 0.3 is 0 Å². The van der Waals surface area contributed by atoms with E-state index in [0.717, 1.165) is 35.8 Å². The zero-order valence-electron chi connectivity index (χ0n) is 11.6. The van der Waals surface area contributed by atoms with Crippen LogP contribution in [0.5, 0.6) is 11.5 Å². The zero-order valence-corrected chi connectivity index (χ0v) is 11.6. The molecule has 0 radical (unpaired) electrons. The summed E-state index contributed by atoms with van der Waals surface area (Å²) in [5.74, 6) is 1.67. The first-order valence-corrected chi connectivity index (χ1v) is 6.60. The molecular formula is C16H20N2O2. The number of anilines is 1. The van der Waals surface area contributed by atoms with Gasteiger partial charge in [0, 0.05) is 18.8 Å². The molecule has 0 amide bonds. The highest BCUT2D eigenvalue weighted by Gasteiger charge is 1.98. The Balaban J connectivity index is 1.67. The van der Waals surface area contributed by atoms with Crippen molar-refractivity contribution in [2.75, 3.05) is 26.0 Å². The van der Waals surface area contributed by atoms with Crippen LogP contribution >= 0.6 is 0 Å². The van der Waals surface area contributed by atoms with E-state index in [2.05, 4.69) is 5.32 Å². The molecule has 20 heavy (non-hydrogen) atoms. The quantitative estimate of drug-likeness (QED) is 0.600. The number of nitrogens with one attached hydrogen (secondary N) is 1. The summed E-state index contributed by atoms with van der Waals surface area (Å²) < 4.78 is 10.7. The highest BCUT2D eigenvalue weighted by Crippen LogP contribution is 2.16. The van der Waals surface area contributed by atoms with E-state index >= 15 is 0 Å². The molecule has 0 unspecified atom stereocenters. The molecule has 0 bridgehead atoms. The van der Waals surface area contributed by atoms with Gasteiger partial charge in [-0.25, -0.2) is 0 Å². The number of hydrogen-bond acceptors (Lipinski definition) is 4. The van der Waals surface area contributed by atoms with Gasteiger partial charge in [0.1, 0.15) is 18.1 Å². The van der Waals surface area contributed by atoms with Gasteiger partial charge in [-0.3, -0.25) is 0 Å². The van der Waals surface area contributed by atoms with Crippen molar-refractivity contribution in [1.29, 1.82) is 0 Å². The molecule has 2 rings (SSSR count). The van der Waals surface area contributed by atoms with Gasteiger partial charge in [-0.05, 0) is 35.9 Å². The van der Waals surface area contributed by atoms with Crippen LogP contribution in [0.3, 0.4) is 0 Å². The fraction of sp³-hybridized carbons (Fsp3) is 0.250. The number of benzene rings is 2. The molecule has 0 spiro atoms. The van der Waals surface area contributed by atoms with Crippen molar-refractivity contribution in [3.05, 3.63) is 54.1 Å². The molecule has 0 aliphatic rings. The molecule has 0 heterocycles. The number of rotatable bonds is 7. The molecular weight excluding hydrogens is 252 g/mol. The van der Waals surface area contributed by atoms with Gasteiger partial charge in [0.15, 0.2) is 0 Å². The minimum atomic E-state index is 0.610. The van der Waals surface area contributed by atoms with E-state index in [9.17, 15) is 0 Å². The van der Waals surface area contributed by atoms with Crippen molar-refractivity contribution in [3.63, 3.8) is 0 Å². The van der Waals surface area contributed by atoms with Gasteiger partial charge in [-0.1, -0.05) is 18.2 Å². The van der Waals surface area contributed by atoms with Crippen LogP contribution in [-0.4, -0.2) is 20.3 Å². The fourth-order valence-corrected chi connectivity index (χ4v) is 1.83. The molecule has 106 valence electrons. The Bertz CT molecular complexity index is 526. The topological polar surface area (TPSA) is 56.5 Å². The Morgan fingerprint density at radius 2 is 1.70 bits per heavy atom. The van der Waals surface area contributed by atoms with E-state index in [1.165, 1.54) is 0 Å².